The molecule has 0 radical (unpaired) electrons. The first kappa shape index (κ1) is 14.8. The summed E-state index contributed by atoms with van der Waals surface area (Å²) in [6, 6.07) is 5.41. The Bertz CT molecular complexity index is 716. The molecule has 0 fully saturated rings. The highest BCUT2D eigenvalue weighted by Gasteiger charge is 2.11. The van der Waals surface area contributed by atoms with Gasteiger partial charge in [0.25, 0.3) is 0 Å². The van der Waals surface area contributed by atoms with Gasteiger partial charge in [0.2, 0.25) is 0 Å². The van der Waals surface area contributed by atoms with Gasteiger partial charge in [-0.3, -0.25) is 4.79 Å². The number of carbonyl (C=O) groups is 1. The highest BCUT2D eigenvalue weighted by molar-refractivity contribution is 6.10. The Labute approximate surface area is 121 Å². The van der Waals surface area contributed by atoms with Crippen LogP contribution < -0.4 is 5.73 Å². The average molecular weight is 287 g/mol. The maximum atomic E-state index is 11.1. The molecule has 1 aromatic heterocycles. The van der Waals surface area contributed by atoms with E-state index in [1.807, 2.05) is 6.07 Å². The van der Waals surface area contributed by atoms with E-state index in [-0.39, 0.29) is 12.5 Å². The number of aliphatic hydroxyl groups is 1. The first-order valence-electron chi connectivity index (χ1n) is 6.39. The fraction of sp³-hybridized carbons (Fsp3) is 0.200. The van der Waals surface area contributed by atoms with E-state index < -0.39 is 0 Å². The monoisotopic (exact) mass is 287 g/mol. The topological polar surface area (TPSA) is 101 Å². The van der Waals surface area contributed by atoms with Crippen LogP contribution in [-0.2, 0) is 11.3 Å². The predicted octanol–water partition coefficient (Wildman–Crippen LogP) is 1.37. The van der Waals surface area contributed by atoms with Crippen molar-refractivity contribution in [2.24, 2.45) is 5.73 Å². The number of ether oxygens (including phenoxy) is 1. The molecule has 2 rings (SSSR count). The number of methoxy groups -OCH3 is 1. The van der Waals surface area contributed by atoms with Gasteiger partial charge < -0.3 is 25.6 Å². The van der Waals surface area contributed by atoms with Crippen molar-refractivity contribution in [1.29, 1.82) is 5.41 Å². The maximum Gasteiger partial charge on any atom is 0.193 e. The van der Waals surface area contributed by atoms with Gasteiger partial charge in [-0.05, 0) is 11.6 Å². The Morgan fingerprint density at radius 1 is 1.52 bits per heavy atom. The third kappa shape index (κ3) is 2.66. The van der Waals surface area contributed by atoms with Gasteiger partial charge in [0, 0.05) is 35.4 Å². The lowest BCUT2D eigenvalue weighted by molar-refractivity contribution is 0.112. The molecular formula is C15H17N3O3. The zero-order chi connectivity index (χ0) is 15.4. The minimum Gasteiger partial charge on any atom is -0.482 e. The minimum absolute atomic E-state index is 0.0280. The molecule has 2 aromatic rings. The zero-order valence-corrected chi connectivity index (χ0v) is 11.7. The summed E-state index contributed by atoms with van der Waals surface area (Å²) in [5.41, 5.74) is 8.27. The number of benzene rings is 1. The normalized spacial score (nSPS) is 12.1. The van der Waals surface area contributed by atoms with Crippen molar-refractivity contribution in [3.63, 3.8) is 0 Å². The summed E-state index contributed by atoms with van der Waals surface area (Å²) in [6.07, 6.45) is 3.61. The van der Waals surface area contributed by atoms with Gasteiger partial charge >= 0.3 is 0 Å². The molecule has 0 bridgehead atoms. The molecule has 0 amide bonds. The van der Waals surface area contributed by atoms with Crippen LogP contribution in [-0.4, -0.2) is 35.9 Å². The molecule has 0 atom stereocenters. The molecule has 0 aliphatic carbocycles. The number of nitrogens with zero attached hydrogens (tertiary/aromatic N) is 1. The Hall–Kier alpha value is -2.60. The second kappa shape index (κ2) is 6.23. The van der Waals surface area contributed by atoms with Crippen molar-refractivity contribution in [2.45, 2.75) is 6.54 Å². The molecule has 0 saturated heterocycles. The van der Waals surface area contributed by atoms with Crippen molar-refractivity contribution in [3.8, 4) is 0 Å². The number of fused-ring (bicyclic) bond motifs is 1. The number of aldehydes is 1. The molecule has 1 aromatic carbocycles. The van der Waals surface area contributed by atoms with Crippen LogP contribution in [0, 0.1) is 5.41 Å². The number of allylic oxidation sites excluding steroid dienone is 1. The SMILES string of the molecule is CO/C(N)=C(/C=N)c1ccc2c(C=O)cn(CCO)c2c1. The van der Waals surface area contributed by atoms with E-state index >= 15 is 0 Å². The van der Waals surface area contributed by atoms with Crippen LogP contribution in [0.1, 0.15) is 15.9 Å². The van der Waals surface area contributed by atoms with Crippen LogP contribution in [0.5, 0.6) is 0 Å². The largest absolute Gasteiger partial charge is 0.482 e. The highest BCUT2D eigenvalue weighted by atomic mass is 16.5. The second-order valence-corrected chi connectivity index (χ2v) is 4.48. The van der Waals surface area contributed by atoms with Gasteiger partial charge in [-0.2, -0.15) is 0 Å². The maximum absolute atomic E-state index is 11.1. The van der Waals surface area contributed by atoms with E-state index in [0.717, 1.165) is 23.4 Å². The lowest BCUT2D eigenvalue weighted by atomic mass is 10.0. The summed E-state index contributed by atoms with van der Waals surface area (Å²) < 4.78 is 6.78. The third-order valence-electron chi connectivity index (χ3n) is 3.32. The molecule has 1 heterocycles. The fourth-order valence-corrected chi connectivity index (χ4v) is 2.28. The van der Waals surface area contributed by atoms with E-state index in [1.165, 1.54) is 7.11 Å². The number of aliphatic hydroxyl groups excluding tert-OH is 1. The third-order valence-corrected chi connectivity index (χ3v) is 3.32. The van der Waals surface area contributed by atoms with Crippen LogP contribution in [0.2, 0.25) is 0 Å². The van der Waals surface area contributed by atoms with E-state index in [0.29, 0.717) is 23.2 Å². The van der Waals surface area contributed by atoms with E-state index in [1.54, 1.807) is 22.9 Å². The smallest absolute Gasteiger partial charge is 0.193 e. The van der Waals surface area contributed by atoms with Gasteiger partial charge in [0.15, 0.2) is 12.2 Å². The predicted molar refractivity (Wildman–Crippen MR) is 81.3 cm³/mol. The van der Waals surface area contributed by atoms with Crippen LogP contribution in [0.3, 0.4) is 0 Å². The standard InChI is InChI=1S/C15H17N3O3/c1-21-15(17)13(7-16)10-2-3-12-11(9-20)8-18(4-5-19)14(12)6-10/h2-3,6-9,16,19H,4-5,17H2,1H3/b15-13-,16-7?. The van der Waals surface area contributed by atoms with Crippen LogP contribution in [0.4, 0.5) is 0 Å². The Morgan fingerprint density at radius 3 is 2.86 bits per heavy atom. The van der Waals surface area contributed by atoms with Crippen molar-refractivity contribution in [3.05, 3.63) is 41.4 Å². The number of hydrogen-bond acceptors (Lipinski definition) is 5. The molecular weight excluding hydrogens is 270 g/mol. The molecule has 4 N–H and O–H groups in total. The zero-order valence-electron chi connectivity index (χ0n) is 11.7. The Morgan fingerprint density at radius 2 is 2.29 bits per heavy atom. The van der Waals surface area contributed by atoms with Gasteiger partial charge in [-0.25, -0.2) is 0 Å². The molecule has 0 spiro atoms. The Kier molecular flexibility index (Phi) is 4.39. The number of carbonyl (C=O) groups excluding carboxylic acids is 1. The van der Waals surface area contributed by atoms with Gasteiger partial charge in [0.05, 0.1) is 19.3 Å². The van der Waals surface area contributed by atoms with Crippen molar-refractivity contribution >= 4 is 29.0 Å². The van der Waals surface area contributed by atoms with E-state index in [2.05, 4.69) is 0 Å². The molecule has 0 aliphatic rings. The summed E-state index contributed by atoms with van der Waals surface area (Å²) in [7, 11) is 1.44. The van der Waals surface area contributed by atoms with Crippen molar-refractivity contribution < 1.29 is 14.6 Å². The summed E-state index contributed by atoms with van der Waals surface area (Å²) in [6.45, 7) is 0.358. The van der Waals surface area contributed by atoms with Crippen molar-refractivity contribution in [1.82, 2.24) is 4.57 Å². The highest BCUT2D eigenvalue weighted by Crippen LogP contribution is 2.25. The second-order valence-electron chi connectivity index (χ2n) is 4.48. The first-order chi connectivity index (χ1) is 10.2. The van der Waals surface area contributed by atoms with E-state index in [9.17, 15) is 4.79 Å². The van der Waals surface area contributed by atoms with Gasteiger partial charge in [-0.15, -0.1) is 0 Å². The molecule has 110 valence electrons. The number of aromatic nitrogens is 1. The van der Waals surface area contributed by atoms with Gasteiger partial charge in [-0.1, -0.05) is 12.1 Å². The van der Waals surface area contributed by atoms with Crippen LogP contribution in [0.25, 0.3) is 16.5 Å². The summed E-state index contributed by atoms with van der Waals surface area (Å²) in [5, 5.41) is 17.4. The number of nitrogens with two attached hydrogens (primary N) is 1. The number of hydrogen-bond donors (Lipinski definition) is 3. The summed E-state index contributed by atoms with van der Waals surface area (Å²) in [5.74, 6) is 0.153. The van der Waals surface area contributed by atoms with Crippen LogP contribution >= 0.6 is 0 Å². The summed E-state index contributed by atoms with van der Waals surface area (Å²) in [4.78, 5) is 11.1. The number of nitrogens with one attached hydrogen (secondary N) is 1. The molecule has 0 unspecified atom stereocenters. The fourth-order valence-electron chi connectivity index (χ4n) is 2.28. The van der Waals surface area contributed by atoms with E-state index in [4.69, 9.17) is 21.0 Å². The minimum atomic E-state index is -0.0280. The molecule has 0 saturated carbocycles. The number of rotatable bonds is 6. The Balaban J connectivity index is 2.67. The molecule has 0 aliphatic heterocycles. The lowest BCUT2D eigenvalue weighted by Gasteiger charge is -2.08. The summed E-state index contributed by atoms with van der Waals surface area (Å²) >= 11 is 0. The molecule has 6 heteroatoms. The first-order valence-corrected chi connectivity index (χ1v) is 6.39. The van der Waals surface area contributed by atoms with Crippen molar-refractivity contribution in [2.75, 3.05) is 13.7 Å². The molecule has 6 nitrogen and oxygen atoms in total. The molecule has 21 heavy (non-hydrogen) atoms. The average Bonchev–Trinajstić information content (AvgIpc) is 2.86. The lowest BCUT2D eigenvalue weighted by Crippen LogP contribution is -2.05. The van der Waals surface area contributed by atoms with Gasteiger partial charge in [0.1, 0.15) is 0 Å². The van der Waals surface area contributed by atoms with Crippen LogP contribution in [0.15, 0.2) is 30.3 Å². The quantitative estimate of drug-likeness (QED) is 0.424.